The van der Waals surface area contributed by atoms with Crippen molar-refractivity contribution in [1.29, 1.82) is 0 Å². The molecule has 0 aliphatic heterocycles. The van der Waals surface area contributed by atoms with Gasteiger partial charge in [-0.2, -0.15) is 4.65 Å². The highest BCUT2D eigenvalue weighted by atomic mass is 16.5. The lowest BCUT2D eigenvalue weighted by Crippen LogP contribution is -2.52. The van der Waals surface area contributed by atoms with E-state index < -0.39 is 0 Å². The maximum Gasteiger partial charge on any atom is 0.119 e. The fraction of sp³-hybridized carbons (Fsp3) is 1.00. The second-order valence-corrected chi connectivity index (χ2v) is 5.59. The highest BCUT2D eigenvalue weighted by molar-refractivity contribution is 4.57. The molecule has 0 heterocycles. The van der Waals surface area contributed by atoms with E-state index in [0.29, 0.717) is 6.04 Å². The average molecular weight is 258 g/mol. The lowest BCUT2D eigenvalue weighted by Gasteiger charge is -2.35. The van der Waals surface area contributed by atoms with Crippen LogP contribution in [0.5, 0.6) is 0 Å². The molecule has 1 atom stereocenters. The molecule has 0 radical (unpaired) electrons. The van der Waals surface area contributed by atoms with Gasteiger partial charge in [-0.05, 0) is 26.7 Å². The Hall–Kier alpha value is -0.0800. The molecule has 0 bridgehead atoms. The Morgan fingerprint density at radius 2 is 1.28 bits per heavy atom. The van der Waals surface area contributed by atoms with E-state index in [0.717, 1.165) is 19.5 Å². The van der Waals surface area contributed by atoms with E-state index in [-0.39, 0.29) is 4.65 Å². The van der Waals surface area contributed by atoms with Gasteiger partial charge >= 0.3 is 0 Å². The van der Waals surface area contributed by atoms with Crippen LogP contribution in [-0.4, -0.2) is 29.0 Å². The predicted molar refractivity (Wildman–Crippen MR) is 79.8 cm³/mol. The summed E-state index contributed by atoms with van der Waals surface area (Å²) in [5.74, 6) is 0. The first kappa shape index (κ1) is 17.9. The Labute approximate surface area is 115 Å². The number of rotatable bonds is 12. The molecule has 0 aliphatic carbocycles. The molecule has 1 unspecified atom stereocenters. The minimum Gasteiger partial charge on any atom is -0.217 e. The fourth-order valence-corrected chi connectivity index (χ4v) is 2.86. The molecular weight excluding hydrogens is 222 g/mol. The van der Waals surface area contributed by atoms with Crippen LogP contribution in [0.15, 0.2) is 0 Å². The molecule has 2 heteroatoms. The molecule has 110 valence electrons. The van der Waals surface area contributed by atoms with Crippen molar-refractivity contribution in [2.75, 3.05) is 13.1 Å². The molecule has 0 aromatic carbocycles. The smallest absolute Gasteiger partial charge is 0.119 e. The summed E-state index contributed by atoms with van der Waals surface area (Å²) in [5.41, 5.74) is 0. The van der Waals surface area contributed by atoms with Crippen LogP contribution in [0.2, 0.25) is 0 Å². The summed E-state index contributed by atoms with van der Waals surface area (Å²) >= 11 is 0. The first-order chi connectivity index (χ1) is 8.64. The average Bonchev–Trinajstić information content (AvgIpc) is 2.41. The van der Waals surface area contributed by atoms with Gasteiger partial charge in [0.25, 0.3) is 0 Å². The molecular formula is C16H36NO+. The second-order valence-electron chi connectivity index (χ2n) is 5.59. The van der Waals surface area contributed by atoms with E-state index in [4.69, 9.17) is 0 Å². The van der Waals surface area contributed by atoms with E-state index >= 15 is 0 Å². The lowest BCUT2D eigenvalue weighted by molar-refractivity contribution is -1.12. The molecule has 0 amide bonds. The molecule has 2 nitrogen and oxygen atoms in total. The van der Waals surface area contributed by atoms with E-state index in [2.05, 4.69) is 27.7 Å². The quantitative estimate of drug-likeness (QED) is 0.291. The van der Waals surface area contributed by atoms with Crippen molar-refractivity contribution in [3.05, 3.63) is 0 Å². The third-order valence-corrected chi connectivity index (χ3v) is 4.39. The number of unbranched alkanes of at least 4 members (excludes halogenated alkanes) is 6. The minimum absolute atomic E-state index is 0.270. The number of hydroxylamine groups is 3. The highest BCUT2D eigenvalue weighted by Crippen LogP contribution is 2.20. The van der Waals surface area contributed by atoms with Crippen molar-refractivity contribution in [2.24, 2.45) is 0 Å². The van der Waals surface area contributed by atoms with E-state index in [1.54, 1.807) is 0 Å². The molecule has 0 saturated carbocycles. The van der Waals surface area contributed by atoms with Gasteiger partial charge in [-0.25, -0.2) is 5.21 Å². The van der Waals surface area contributed by atoms with Gasteiger partial charge in [-0.3, -0.25) is 0 Å². The summed E-state index contributed by atoms with van der Waals surface area (Å²) in [6, 6.07) is 0.440. The van der Waals surface area contributed by atoms with Gasteiger partial charge < -0.3 is 0 Å². The molecule has 0 rings (SSSR count). The summed E-state index contributed by atoms with van der Waals surface area (Å²) in [4.78, 5) is 0. The van der Waals surface area contributed by atoms with Gasteiger partial charge in [0.1, 0.15) is 19.1 Å². The van der Waals surface area contributed by atoms with Crippen LogP contribution in [0.1, 0.15) is 85.5 Å². The Balaban J connectivity index is 3.74. The number of hydrogen-bond acceptors (Lipinski definition) is 1. The van der Waals surface area contributed by atoms with Crippen LogP contribution in [0, 0.1) is 0 Å². The summed E-state index contributed by atoms with van der Waals surface area (Å²) in [6.45, 7) is 10.3. The van der Waals surface area contributed by atoms with Crippen LogP contribution < -0.4 is 0 Å². The highest BCUT2D eigenvalue weighted by Gasteiger charge is 2.30. The maximum atomic E-state index is 10.5. The molecule has 0 saturated heterocycles. The van der Waals surface area contributed by atoms with Gasteiger partial charge in [-0.1, -0.05) is 52.4 Å². The Morgan fingerprint density at radius 1 is 0.778 bits per heavy atom. The molecule has 0 aromatic heterocycles. The number of nitrogens with zero attached hydrogens (tertiary/aromatic N) is 1. The lowest BCUT2D eigenvalue weighted by atomic mass is 10.0. The van der Waals surface area contributed by atoms with Crippen molar-refractivity contribution in [1.82, 2.24) is 0 Å². The molecule has 0 aromatic rings. The fourth-order valence-electron chi connectivity index (χ4n) is 2.86. The van der Waals surface area contributed by atoms with Gasteiger partial charge in [0.2, 0.25) is 0 Å². The standard InChI is InChI=1S/C16H36NO/c1-5-9-10-11-12-13-14-15-16(6-2)17(18,7-3)8-4/h16,18H,5-15H2,1-4H3/q+1. The summed E-state index contributed by atoms with van der Waals surface area (Å²) in [7, 11) is 0. The Kier molecular flexibility index (Phi) is 10.8. The van der Waals surface area contributed by atoms with Crippen molar-refractivity contribution >= 4 is 0 Å². The minimum atomic E-state index is 0.270. The third kappa shape index (κ3) is 6.75. The summed E-state index contributed by atoms with van der Waals surface area (Å²) in [6.07, 6.45) is 11.8. The van der Waals surface area contributed by atoms with Gasteiger partial charge in [0, 0.05) is 6.42 Å². The van der Waals surface area contributed by atoms with E-state index in [1.165, 1.54) is 51.4 Å². The monoisotopic (exact) mass is 258 g/mol. The number of quaternary nitrogens is 1. The van der Waals surface area contributed by atoms with Crippen molar-refractivity contribution in [3.63, 3.8) is 0 Å². The van der Waals surface area contributed by atoms with E-state index in [9.17, 15) is 5.21 Å². The summed E-state index contributed by atoms with van der Waals surface area (Å²) in [5, 5.41) is 10.5. The largest absolute Gasteiger partial charge is 0.217 e. The molecule has 0 spiro atoms. The van der Waals surface area contributed by atoms with Gasteiger partial charge in [-0.15, -0.1) is 0 Å². The van der Waals surface area contributed by atoms with Crippen LogP contribution in [0.25, 0.3) is 0 Å². The van der Waals surface area contributed by atoms with Crippen LogP contribution >= 0.6 is 0 Å². The van der Waals surface area contributed by atoms with Crippen molar-refractivity contribution in [2.45, 2.75) is 91.5 Å². The van der Waals surface area contributed by atoms with Crippen LogP contribution in [0.4, 0.5) is 0 Å². The van der Waals surface area contributed by atoms with Crippen molar-refractivity contribution in [3.8, 4) is 0 Å². The van der Waals surface area contributed by atoms with Crippen LogP contribution in [0.3, 0.4) is 0 Å². The zero-order valence-electron chi connectivity index (χ0n) is 13.2. The third-order valence-electron chi connectivity index (χ3n) is 4.39. The second kappa shape index (κ2) is 10.8. The molecule has 0 fully saturated rings. The SMILES string of the molecule is CCCCCCCCCC(CC)[N+](O)(CC)CC. The normalized spacial score (nSPS) is 13.8. The maximum absolute atomic E-state index is 10.5. The Bertz CT molecular complexity index is 178. The zero-order valence-corrected chi connectivity index (χ0v) is 13.2. The molecule has 0 aliphatic rings. The topological polar surface area (TPSA) is 20.2 Å². The van der Waals surface area contributed by atoms with Gasteiger partial charge in [0.15, 0.2) is 0 Å². The number of hydrogen-bond donors (Lipinski definition) is 1. The van der Waals surface area contributed by atoms with Crippen molar-refractivity contribution < 1.29 is 9.85 Å². The van der Waals surface area contributed by atoms with E-state index in [1.807, 2.05) is 0 Å². The predicted octanol–water partition coefficient (Wildman–Crippen LogP) is 5.15. The van der Waals surface area contributed by atoms with Gasteiger partial charge in [0.05, 0.1) is 0 Å². The zero-order chi connectivity index (χ0) is 13.9. The van der Waals surface area contributed by atoms with Crippen LogP contribution in [-0.2, 0) is 0 Å². The first-order valence-electron chi connectivity index (χ1n) is 8.24. The first-order valence-corrected chi connectivity index (χ1v) is 8.24. The molecule has 18 heavy (non-hydrogen) atoms. The Morgan fingerprint density at radius 3 is 1.72 bits per heavy atom. The molecule has 1 N–H and O–H groups in total. The summed E-state index contributed by atoms with van der Waals surface area (Å²) < 4.78 is 0.270.